The molecule has 4 heteroatoms. The second-order valence-electron chi connectivity index (χ2n) is 5.42. The Morgan fingerprint density at radius 1 is 1.25 bits per heavy atom. The zero-order valence-electron chi connectivity index (χ0n) is 12.5. The molecule has 1 rings (SSSR count). The summed E-state index contributed by atoms with van der Waals surface area (Å²) >= 11 is 0. The first kappa shape index (κ1) is 16.5. The van der Waals surface area contributed by atoms with E-state index in [9.17, 15) is 5.11 Å². The van der Waals surface area contributed by atoms with Crippen molar-refractivity contribution >= 4 is 0 Å². The van der Waals surface area contributed by atoms with Gasteiger partial charge in [0.05, 0.1) is 6.61 Å². The maximum absolute atomic E-state index is 9.31. The molecule has 2 N–H and O–H groups in total. The summed E-state index contributed by atoms with van der Waals surface area (Å²) in [6.07, 6.45) is 0.515. The van der Waals surface area contributed by atoms with Crippen molar-refractivity contribution in [3.8, 4) is 11.8 Å². The number of nitrogens with one attached hydrogen (secondary N) is 1. The van der Waals surface area contributed by atoms with E-state index in [1.54, 1.807) is 6.92 Å². The normalized spacial score (nSPS) is 13.8. The number of ether oxygens (including phenoxy) is 1. The van der Waals surface area contributed by atoms with E-state index in [0.717, 1.165) is 12.0 Å². The molecule has 0 heterocycles. The van der Waals surface area contributed by atoms with E-state index in [0.29, 0.717) is 18.2 Å². The Morgan fingerprint density at radius 2 is 1.90 bits per heavy atom. The minimum Gasteiger partial charge on any atom is -0.476 e. The third-order valence-electron chi connectivity index (χ3n) is 2.99. The molecule has 0 aliphatic carbocycles. The fourth-order valence-electron chi connectivity index (χ4n) is 1.97. The van der Waals surface area contributed by atoms with Crippen molar-refractivity contribution in [2.24, 2.45) is 5.92 Å². The Kier molecular flexibility index (Phi) is 7.06. The summed E-state index contributed by atoms with van der Waals surface area (Å²) in [4.78, 5) is 0. The minimum atomic E-state index is -0.441. The Labute approximate surface area is 121 Å². The molecule has 2 unspecified atom stereocenters. The molecule has 0 amide bonds. The standard InChI is InChI=1S/C16H24N2O2/c1-12(2)8-15(11-19)18-10-14-4-6-16(7-5-14)20-13(3)9-17/h4-7,12-13,15,18-19H,8,10-11H2,1-3H3. The summed E-state index contributed by atoms with van der Waals surface area (Å²) in [5, 5.41) is 21.3. The Bertz CT molecular complexity index is 423. The average molecular weight is 276 g/mol. The topological polar surface area (TPSA) is 65.3 Å². The number of aliphatic hydroxyl groups is 1. The predicted octanol–water partition coefficient (Wildman–Crippen LogP) is 2.47. The van der Waals surface area contributed by atoms with Gasteiger partial charge in [-0.2, -0.15) is 5.26 Å². The smallest absolute Gasteiger partial charge is 0.181 e. The number of rotatable bonds is 8. The Hall–Kier alpha value is -1.57. The van der Waals surface area contributed by atoms with Crippen LogP contribution in [0.25, 0.3) is 0 Å². The molecule has 0 aliphatic rings. The quantitative estimate of drug-likeness (QED) is 0.765. The van der Waals surface area contributed by atoms with Crippen LogP contribution in [0, 0.1) is 17.2 Å². The summed E-state index contributed by atoms with van der Waals surface area (Å²) in [5.74, 6) is 1.26. The molecule has 0 fully saturated rings. The van der Waals surface area contributed by atoms with Gasteiger partial charge in [-0.25, -0.2) is 0 Å². The third kappa shape index (κ3) is 6.05. The molecule has 0 saturated carbocycles. The third-order valence-corrected chi connectivity index (χ3v) is 2.99. The van der Waals surface area contributed by atoms with E-state index in [2.05, 4.69) is 19.2 Å². The zero-order chi connectivity index (χ0) is 15.0. The van der Waals surface area contributed by atoms with Crippen LogP contribution in [0.4, 0.5) is 0 Å². The Morgan fingerprint density at radius 3 is 2.40 bits per heavy atom. The lowest BCUT2D eigenvalue weighted by atomic mass is 10.0. The van der Waals surface area contributed by atoms with E-state index in [-0.39, 0.29) is 12.6 Å². The number of benzene rings is 1. The molecule has 2 atom stereocenters. The van der Waals surface area contributed by atoms with E-state index in [1.807, 2.05) is 30.3 Å². The van der Waals surface area contributed by atoms with Gasteiger partial charge in [0.2, 0.25) is 0 Å². The highest BCUT2D eigenvalue weighted by molar-refractivity contribution is 5.27. The fourth-order valence-corrected chi connectivity index (χ4v) is 1.97. The first-order valence-electron chi connectivity index (χ1n) is 7.04. The Balaban J connectivity index is 2.47. The molecule has 1 aromatic carbocycles. The molecule has 0 radical (unpaired) electrons. The number of nitriles is 1. The largest absolute Gasteiger partial charge is 0.476 e. The summed E-state index contributed by atoms with van der Waals surface area (Å²) in [7, 11) is 0. The van der Waals surface area contributed by atoms with Crippen LogP contribution in [0.2, 0.25) is 0 Å². The van der Waals surface area contributed by atoms with Gasteiger partial charge in [-0.1, -0.05) is 26.0 Å². The fraction of sp³-hybridized carbons (Fsp3) is 0.562. The van der Waals surface area contributed by atoms with Crippen molar-refractivity contribution in [2.75, 3.05) is 6.61 Å². The molecule has 4 nitrogen and oxygen atoms in total. The second-order valence-corrected chi connectivity index (χ2v) is 5.42. The van der Waals surface area contributed by atoms with Gasteiger partial charge in [0.15, 0.2) is 6.10 Å². The van der Waals surface area contributed by atoms with E-state index in [1.165, 1.54) is 0 Å². The molecular weight excluding hydrogens is 252 g/mol. The van der Waals surface area contributed by atoms with Crippen LogP contribution in [0.15, 0.2) is 24.3 Å². The summed E-state index contributed by atoms with van der Waals surface area (Å²) < 4.78 is 5.40. The van der Waals surface area contributed by atoms with Crippen molar-refractivity contribution in [3.05, 3.63) is 29.8 Å². The first-order valence-corrected chi connectivity index (χ1v) is 7.04. The van der Waals surface area contributed by atoms with Gasteiger partial charge in [0.1, 0.15) is 11.8 Å². The maximum Gasteiger partial charge on any atom is 0.181 e. The summed E-state index contributed by atoms with van der Waals surface area (Å²) in [6, 6.07) is 9.82. The monoisotopic (exact) mass is 276 g/mol. The van der Waals surface area contributed by atoms with Crippen molar-refractivity contribution in [1.29, 1.82) is 5.26 Å². The average Bonchev–Trinajstić information content (AvgIpc) is 2.44. The molecular formula is C16H24N2O2. The minimum absolute atomic E-state index is 0.129. The highest BCUT2D eigenvalue weighted by atomic mass is 16.5. The maximum atomic E-state index is 9.31. The van der Waals surface area contributed by atoms with E-state index >= 15 is 0 Å². The molecule has 20 heavy (non-hydrogen) atoms. The van der Waals surface area contributed by atoms with Gasteiger partial charge < -0.3 is 15.2 Å². The van der Waals surface area contributed by atoms with Crippen LogP contribution < -0.4 is 10.1 Å². The van der Waals surface area contributed by atoms with Crippen molar-refractivity contribution in [2.45, 2.75) is 45.9 Å². The van der Waals surface area contributed by atoms with Crippen LogP contribution >= 0.6 is 0 Å². The van der Waals surface area contributed by atoms with Crippen molar-refractivity contribution < 1.29 is 9.84 Å². The molecule has 110 valence electrons. The van der Waals surface area contributed by atoms with E-state index < -0.39 is 6.10 Å². The highest BCUT2D eigenvalue weighted by Crippen LogP contribution is 2.14. The van der Waals surface area contributed by atoms with Gasteiger partial charge in [0, 0.05) is 12.6 Å². The molecule has 0 spiro atoms. The van der Waals surface area contributed by atoms with Gasteiger partial charge in [-0.05, 0) is 37.0 Å². The zero-order valence-corrected chi connectivity index (χ0v) is 12.5. The van der Waals surface area contributed by atoms with Crippen LogP contribution in [-0.4, -0.2) is 23.9 Å². The lowest BCUT2D eigenvalue weighted by molar-refractivity contribution is 0.223. The van der Waals surface area contributed by atoms with Crippen LogP contribution in [0.1, 0.15) is 32.8 Å². The summed E-state index contributed by atoms with van der Waals surface area (Å²) in [6.45, 7) is 6.87. The van der Waals surface area contributed by atoms with Crippen molar-refractivity contribution in [1.82, 2.24) is 5.32 Å². The highest BCUT2D eigenvalue weighted by Gasteiger charge is 2.09. The van der Waals surface area contributed by atoms with Crippen LogP contribution in [0.3, 0.4) is 0 Å². The van der Waals surface area contributed by atoms with Gasteiger partial charge in [-0.3, -0.25) is 0 Å². The lowest BCUT2D eigenvalue weighted by Gasteiger charge is -2.18. The number of hydrogen-bond acceptors (Lipinski definition) is 4. The SMILES string of the molecule is CC(C)CC(CO)NCc1ccc(OC(C)C#N)cc1. The number of hydrogen-bond donors (Lipinski definition) is 2. The van der Waals surface area contributed by atoms with Gasteiger partial charge in [0.25, 0.3) is 0 Å². The van der Waals surface area contributed by atoms with Gasteiger partial charge >= 0.3 is 0 Å². The molecule has 1 aromatic rings. The summed E-state index contributed by atoms with van der Waals surface area (Å²) in [5.41, 5.74) is 1.13. The van der Waals surface area contributed by atoms with Crippen LogP contribution in [0.5, 0.6) is 5.75 Å². The molecule has 0 aliphatic heterocycles. The first-order chi connectivity index (χ1) is 9.55. The lowest BCUT2D eigenvalue weighted by Crippen LogP contribution is -2.33. The second kappa shape index (κ2) is 8.57. The van der Waals surface area contributed by atoms with Gasteiger partial charge in [-0.15, -0.1) is 0 Å². The van der Waals surface area contributed by atoms with E-state index in [4.69, 9.17) is 10.00 Å². The van der Waals surface area contributed by atoms with Crippen LogP contribution in [-0.2, 0) is 6.54 Å². The predicted molar refractivity (Wildman–Crippen MR) is 79.3 cm³/mol. The molecule has 0 aromatic heterocycles. The van der Waals surface area contributed by atoms with Crippen molar-refractivity contribution in [3.63, 3.8) is 0 Å². The molecule has 0 saturated heterocycles. The molecule has 0 bridgehead atoms. The number of aliphatic hydroxyl groups excluding tert-OH is 1. The number of nitrogens with zero attached hydrogens (tertiary/aromatic N) is 1.